The first kappa shape index (κ1) is 15.5. The lowest BCUT2D eigenvalue weighted by Gasteiger charge is -2.19. The molecule has 0 fully saturated rings. The van der Waals surface area contributed by atoms with E-state index in [4.69, 9.17) is 11.6 Å². The lowest BCUT2D eigenvalue weighted by molar-refractivity contribution is 0.514. The van der Waals surface area contributed by atoms with Crippen LogP contribution in [0.3, 0.4) is 0 Å². The predicted octanol–water partition coefficient (Wildman–Crippen LogP) is 4.37. The number of benzene rings is 1. The van der Waals surface area contributed by atoms with E-state index in [9.17, 15) is 0 Å². The van der Waals surface area contributed by atoms with Crippen LogP contribution in [0.2, 0.25) is 5.02 Å². The highest BCUT2D eigenvalue weighted by atomic mass is 35.5. The van der Waals surface area contributed by atoms with Crippen LogP contribution in [-0.4, -0.2) is 18.1 Å². The molecule has 0 aliphatic heterocycles. The van der Waals surface area contributed by atoms with Crippen molar-refractivity contribution >= 4 is 22.9 Å². The van der Waals surface area contributed by atoms with Crippen LogP contribution in [0.4, 0.5) is 0 Å². The van der Waals surface area contributed by atoms with E-state index in [-0.39, 0.29) is 0 Å². The number of hydrogen-bond acceptors (Lipinski definition) is 3. The Bertz CT molecular complexity index is 511. The average molecular weight is 309 g/mol. The SMILES string of the molecule is CC(C)CNCC(Cc1nccs1)c1ccccc1Cl. The van der Waals surface area contributed by atoms with Gasteiger partial charge in [0.05, 0.1) is 5.01 Å². The molecular weight excluding hydrogens is 288 g/mol. The highest BCUT2D eigenvalue weighted by molar-refractivity contribution is 7.09. The summed E-state index contributed by atoms with van der Waals surface area (Å²) < 4.78 is 0. The summed E-state index contributed by atoms with van der Waals surface area (Å²) in [4.78, 5) is 4.40. The predicted molar refractivity (Wildman–Crippen MR) is 87.7 cm³/mol. The van der Waals surface area contributed by atoms with E-state index in [2.05, 4.69) is 36.3 Å². The second kappa shape index (κ2) is 7.77. The van der Waals surface area contributed by atoms with Gasteiger partial charge in [-0.25, -0.2) is 4.98 Å². The fraction of sp³-hybridized carbons (Fsp3) is 0.438. The zero-order valence-electron chi connectivity index (χ0n) is 12.0. The summed E-state index contributed by atoms with van der Waals surface area (Å²) in [6, 6.07) is 8.12. The lowest BCUT2D eigenvalue weighted by Crippen LogP contribution is -2.26. The molecule has 0 saturated heterocycles. The van der Waals surface area contributed by atoms with Crippen molar-refractivity contribution in [3.8, 4) is 0 Å². The van der Waals surface area contributed by atoms with E-state index in [0.29, 0.717) is 11.8 Å². The molecule has 0 aliphatic rings. The Kier molecular flexibility index (Phi) is 6.02. The Balaban J connectivity index is 2.09. The molecule has 0 bridgehead atoms. The Morgan fingerprint density at radius 1 is 1.25 bits per heavy atom. The summed E-state index contributed by atoms with van der Waals surface area (Å²) in [5.74, 6) is 1.02. The van der Waals surface area contributed by atoms with Crippen molar-refractivity contribution in [2.24, 2.45) is 5.92 Å². The van der Waals surface area contributed by atoms with Gasteiger partial charge in [0.2, 0.25) is 0 Å². The molecule has 1 N–H and O–H groups in total. The van der Waals surface area contributed by atoms with Crippen LogP contribution in [0, 0.1) is 5.92 Å². The smallest absolute Gasteiger partial charge is 0.0931 e. The van der Waals surface area contributed by atoms with E-state index in [1.54, 1.807) is 11.3 Å². The molecule has 1 aromatic carbocycles. The zero-order chi connectivity index (χ0) is 14.4. The fourth-order valence-electron chi connectivity index (χ4n) is 2.21. The van der Waals surface area contributed by atoms with Gasteiger partial charge in [-0.15, -0.1) is 11.3 Å². The van der Waals surface area contributed by atoms with Crippen molar-refractivity contribution in [1.82, 2.24) is 10.3 Å². The molecular formula is C16H21ClN2S. The molecule has 2 aromatic rings. The highest BCUT2D eigenvalue weighted by Crippen LogP contribution is 2.27. The van der Waals surface area contributed by atoms with Crippen molar-refractivity contribution in [2.45, 2.75) is 26.2 Å². The molecule has 0 saturated carbocycles. The first-order valence-electron chi connectivity index (χ1n) is 7.00. The van der Waals surface area contributed by atoms with Crippen molar-refractivity contribution in [3.63, 3.8) is 0 Å². The van der Waals surface area contributed by atoms with Gasteiger partial charge in [-0.1, -0.05) is 43.6 Å². The van der Waals surface area contributed by atoms with Crippen LogP contribution in [0.25, 0.3) is 0 Å². The molecule has 4 heteroatoms. The second-order valence-corrected chi connectivity index (χ2v) is 6.79. The number of hydrogen-bond donors (Lipinski definition) is 1. The second-order valence-electron chi connectivity index (χ2n) is 5.40. The van der Waals surface area contributed by atoms with Crippen molar-refractivity contribution < 1.29 is 0 Å². The minimum absolute atomic E-state index is 0.369. The summed E-state index contributed by atoms with van der Waals surface area (Å²) in [5, 5.41) is 7.59. The number of nitrogens with zero attached hydrogens (tertiary/aromatic N) is 1. The van der Waals surface area contributed by atoms with Gasteiger partial charge in [-0.3, -0.25) is 0 Å². The Morgan fingerprint density at radius 2 is 2.05 bits per heavy atom. The fourth-order valence-corrected chi connectivity index (χ4v) is 3.20. The van der Waals surface area contributed by atoms with Crippen LogP contribution in [0.5, 0.6) is 0 Å². The standard InChI is InChI=1S/C16H21ClN2S/c1-12(2)10-18-11-13(9-16-19-7-8-20-16)14-5-3-4-6-15(14)17/h3-8,12-13,18H,9-11H2,1-2H3. The van der Waals surface area contributed by atoms with Crippen LogP contribution in [0.15, 0.2) is 35.8 Å². The number of aromatic nitrogens is 1. The molecule has 0 aliphatic carbocycles. The maximum absolute atomic E-state index is 6.36. The first-order chi connectivity index (χ1) is 9.66. The summed E-state index contributed by atoms with van der Waals surface area (Å²) in [7, 11) is 0. The number of thiazole rings is 1. The number of nitrogens with one attached hydrogen (secondary N) is 1. The largest absolute Gasteiger partial charge is 0.316 e. The molecule has 0 amide bonds. The van der Waals surface area contributed by atoms with E-state index in [1.807, 2.05) is 23.7 Å². The van der Waals surface area contributed by atoms with Gasteiger partial charge < -0.3 is 5.32 Å². The van der Waals surface area contributed by atoms with Gasteiger partial charge in [0.1, 0.15) is 0 Å². The third-order valence-corrected chi connectivity index (χ3v) is 4.34. The molecule has 1 aromatic heterocycles. The molecule has 1 atom stereocenters. The molecule has 108 valence electrons. The lowest BCUT2D eigenvalue weighted by atomic mass is 9.95. The van der Waals surface area contributed by atoms with E-state index in [0.717, 1.165) is 24.5 Å². The summed E-state index contributed by atoms with van der Waals surface area (Å²) in [5.41, 5.74) is 1.21. The maximum atomic E-state index is 6.36. The van der Waals surface area contributed by atoms with E-state index < -0.39 is 0 Å². The summed E-state index contributed by atoms with van der Waals surface area (Å²) >= 11 is 8.07. The van der Waals surface area contributed by atoms with Crippen molar-refractivity contribution in [3.05, 3.63) is 51.4 Å². The minimum Gasteiger partial charge on any atom is -0.316 e. The normalized spacial score (nSPS) is 12.8. The molecule has 1 heterocycles. The van der Waals surface area contributed by atoms with E-state index >= 15 is 0 Å². The quantitative estimate of drug-likeness (QED) is 0.821. The average Bonchev–Trinajstić information content (AvgIpc) is 2.91. The third kappa shape index (κ3) is 4.58. The van der Waals surface area contributed by atoms with E-state index in [1.165, 1.54) is 10.6 Å². The summed E-state index contributed by atoms with van der Waals surface area (Å²) in [6.45, 7) is 6.40. The molecule has 0 radical (unpaired) electrons. The molecule has 1 unspecified atom stereocenters. The van der Waals surface area contributed by atoms with Gasteiger partial charge in [0.15, 0.2) is 0 Å². The first-order valence-corrected chi connectivity index (χ1v) is 8.26. The third-order valence-electron chi connectivity index (χ3n) is 3.19. The molecule has 2 nitrogen and oxygen atoms in total. The topological polar surface area (TPSA) is 24.9 Å². The Hall–Kier alpha value is -0.900. The Morgan fingerprint density at radius 3 is 2.70 bits per heavy atom. The van der Waals surface area contributed by atoms with Crippen molar-refractivity contribution in [1.29, 1.82) is 0 Å². The van der Waals surface area contributed by atoms with Crippen LogP contribution >= 0.6 is 22.9 Å². The Labute approximate surface area is 130 Å². The van der Waals surface area contributed by atoms with Crippen LogP contribution in [-0.2, 0) is 6.42 Å². The van der Waals surface area contributed by atoms with Gasteiger partial charge in [-0.05, 0) is 24.1 Å². The highest BCUT2D eigenvalue weighted by Gasteiger charge is 2.16. The van der Waals surface area contributed by atoms with Crippen LogP contribution < -0.4 is 5.32 Å². The van der Waals surface area contributed by atoms with Crippen LogP contribution in [0.1, 0.15) is 30.3 Å². The minimum atomic E-state index is 0.369. The summed E-state index contributed by atoms with van der Waals surface area (Å²) in [6.07, 6.45) is 2.80. The maximum Gasteiger partial charge on any atom is 0.0931 e. The molecule has 20 heavy (non-hydrogen) atoms. The monoisotopic (exact) mass is 308 g/mol. The van der Waals surface area contributed by atoms with Gasteiger partial charge >= 0.3 is 0 Å². The zero-order valence-corrected chi connectivity index (χ0v) is 13.5. The van der Waals surface area contributed by atoms with Gasteiger partial charge in [0, 0.05) is 35.5 Å². The number of halogens is 1. The molecule has 0 spiro atoms. The van der Waals surface area contributed by atoms with Gasteiger partial charge in [0.25, 0.3) is 0 Å². The van der Waals surface area contributed by atoms with Gasteiger partial charge in [-0.2, -0.15) is 0 Å². The van der Waals surface area contributed by atoms with Crippen molar-refractivity contribution in [2.75, 3.05) is 13.1 Å². The molecule has 2 rings (SSSR count). The number of rotatable bonds is 7.